The van der Waals surface area contributed by atoms with Crippen molar-refractivity contribution >= 4 is 11.6 Å². The van der Waals surface area contributed by atoms with E-state index in [0.717, 1.165) is 61.2 Å². The van der Waals surface area contributed by atoms with Crippen molar-refractivity contribution in [1.29, 1.82) is 0 Å². The van der Waals surface area contributed by atoms with Gasteiger partial charge in [-0.1, -0.05) is 0 Å². The van der Waals surface area contributed by atoms with Gasteiger partial charge < -0.3 is 24.7 Å². The average molecular weight is 356 g/mol. The predicted octanol–water partition coefficient (Wildman–Crippen LogP) is 1.96. The van der Waals surface area contributed by atoms with Gasteiger partial charge in [0.25, 0.3) is 0 Å². The lowest BCUT2D eigenvalue weighted by atomic mass is 10.3. The minimum absolute atomic E-state index is 0.493. The molecule has 0 radical (unpaired) electrons. The second-order valence-corrected chi connectivity index (χ2v) is 6.32. The van der Waals surface area contributed by atoms with Gasteiger partial charge in [-0.3, -0.25) is 0 Å². The fourth-order valence-corrected chi connectivity index (χ4v) is 3.16. The van der Waals surface area contributed by atoms with Crippen LogP contribution in [0.25, 0.3) is 0 Å². The Morgan fingerprint density at radius 2 is 2.08 bits per heavy atom. The minimum atomic E-state index is 0.493. The van der Waals surface area contributed by atoms with Crippen LogP contribution in [0.1, 0.15) is 31.4 Å². The van der Waals surface area contributed by atoms with Gasteiger partial charge in [0, 0.05) is 37.7 Å². The molecule has 0 aliphatic carbocycles. The predicted molar refractivity (Wildman–Crippen MR) is 98.8 cm³/mol. The van der Waals surface area contributed by atoms with E-state index in [1.165, 1.54) is 0 Å². The summed E-state index contributed by atoms with van der Waals surface area (Å²) in [6.07, 6.45) is 3.04. The van der Waals surface area contributed by atoms with Gasteiger partial charge in [-0.05, 0) is 25.5 Å². The number of aryl methyl sites for hydroxylation is 1. The summed E-state index contributed by atoms with van der Waals surface area (Å²) < 4.78 is 13.6. The Bertz CT molecular complexity index is 801. The lowest BCUT2D eigenvalue weighted by molar-refractivity contribution is 0.297. The van der Waals surface area contributed by atoms with E-state index in [9.17, 15) is 0 Å². The average Bonchev–Trinajstić information content (AvgIpc) is 3.18. The third kappa shape index (κ3) is 3.58. The van der Waals surface area contributed by atoms with Crippen molar-refractivity contribution in [3.63, 3.8) is 0 Å². The first-order valence-electron chi connectivity index (χ1n) is 9.19. The van der Waals surface area contributed by atoms with E-state index in [1.54, 1.807) is 0 Å². The van der Waals surface area contributed by atoms with Crippen molar-refractivity contribution in [2.45, 2.75) is 39.3 Å². The van der Waals surface area contributed by atoms with Gasteiger partial charge in [-0.25, -0.2) is 4.99 Å². The van der Waals surface area contributed by atoms with Crippen molar-refractivity contribution in [2.24, 2.45) is 4.99 Å². The number of fused-ring (bicyclic) bond motifs is 2. The third-order valence-electron chi connectivity index (χ3n) is 4.42. The number of aromatic nitrogens is 3. The maximum atomic E-state index is 5.75. The van der Waals surface area contributed by atoms with E-state index in [2.05, 4.69) is 30.4 Å². The second-order valence-electron chi connectivity index (χ2n) is 6.32. The number of nitrogens with zero attached hydrogens (tertiary/aromatic N) is 4. The maximum absolute atomic E-state index is 5.75. The molecule has 138 valence electrons. The number of aliphatic imine (C=N–C) groups is 1. The van der Waals surface area contributed by atoms with E-state index >= 15 is 0 Å². The summed E-state index contributed by atoms with van der Waals surface area (Å²) in [5, 5.41) is 15.1. The third-order valence-corrected chi connectivity index (χ3v) is 4.42. The summed E-state index contributed by atoms with van der Waals surface area (Å²) in [5.74, 6) is 4.23. The van der Waals surface area contributed by atoms with Crippen LogP contribution < -0.4 is 20.1 Å². The molecule has 2 aliphatic heterocycles. The molecular weight excluding hydrogens is 332 g/mol. The molecule has 3 heterocycles. The van der Waals surface area contributed by atoms with Crippen LogP contribution in [0.5, 0.6) is 11.5 Å². The van der Waals surface area contributed by atoms with Gasteiger partial charge in [-0.15, -0.1) is 10.2 Å². The van der Waals surface area contributed by atoms with Crippen molar-refractivity contribution in [1.82, 2.24) is 20.1 Å². The Morgan fingerprint density at radius 1 is 1.19 bits per heavy atom. The van der Waals surface area contributed by atoms with E-state index in [0.29, 0.717) is 25.7 Å². The van der Waals surface area contributed by atoms with Crippen molar-refractivity contribution in [3.8, 4) is 11.5 Å². The second kappa shape index (κ2) is 7.63. The highest BCUT2D eigenvalue weighted by molar-refractivity contribution is 5.93. The first-order chi connectivity index (χ1) is 12.8. The number of anilines is 1. The molecule has 8 nitrogen and oxygen atoms in total. The molecule has 0 atom stereocenters. The van der Waals surface area contributed by atoms with Crippen molar-refractivity contribution in [3.05, 3.63) is 29.8 Å². The summed E-state index contributed by atoms with van der Waals surface area (Å²) in [6.45, 7) is 5.65. The largest absolute Gasteiger partial charge is 0.490 e. The SMILES string of the molecule is CCNC(=NCc1nnc2n1CCC2)Nc1ccc2c(c1)OCCCO2. The molecule has 0 unspecified atom stereocenters. The molecule has 1 aromatic carbocycles. The van der Waals surface area contributed by atoms with Gasteiger partial charge in [0.05, 0.1) is 13.2 Å². The van der Waals surface area contributed by atoms with Crippen molar-refractivity contribution in [2.75, 3.05) is 25.1 Å². The van der Waals surface area contributed by atoms with E-state index < -0.39 is 0 Å². The molecule has 0 fully saturated rings. The molecule has 4 rings (SSSR count). The molecule has 8 heteroatoms. The number of hydrogen-bond donors (Lipinski definition) is 2. The fraction of sp³-hybridized carbons (Fsp3) is 0.500. The van der Waals surface area contributed by atoms with Gasteiger partial charge in [0.2, 0.25) is 0 Å². The summed E-state index contributed by atoms with van der Waals surface area (Å²) in [7, 11) is 0. The zero-order valence-corrected chi connectivity index (χ0v) is 15.0. The number of hydrogen-bond acceptors (Lipinski definition) is 5. The van der Waals surface area contributed by atoms with E-state index in [4.69, 9.17) is 9.47 Å². The zero-order chi connectivity index (χ0) is 17.8. The van der Waals surface area contributed by atoms with Crippen LogP contribution in [-0.4, -0.2) is 40.5 Å². The number of guanidine groups is 1. The number of rotatable bonds is 4. The topological polar surface area (TPSA) is 85.6 Å². The molecule has 2 aromatic rings. The summed E-state index contributed by atoms with van der Waals surface area (Å²) in [5.41, 5.74) is 0.903. The molecule has 0 saturated heterocycles. The highest BCUT2D eigenvalue weighted by atomic mass is 16.5. The van der Waals surface area contributed by atoms with Crippen LogP contribution in [-0.2, 0) is 19.5 Å². The van der Waals surface area contributed by atoms with Crippen LogP contribution in [0.3, 0.4) is 0 Å². The Labute approximate surface area is 152 Å². The first-order valence-corrected chi connectivity index (χ1v) is 9.19. The van der Waals surface area contributed by atoms with Gasteiger partial charge in [0.1, 0.15) is 12.4 Å². The monoisotopic (exact) mass is 356 g/mol. The van der Waals surface area contributed by atoms with Crippen LogP contribution in [0.15, 0.2) is 23.2 Å². The number of ether oxygens (including phenoxy) is 2. The number of benzene rings is 1. The molecular formula is C18H24N6O2. The van der Waals surface area contributed by atoms with Crippen LogP contribution in [0.2, 0.25) is 0 Å². The molecule has 0 saturated carbocycles. The highest BCUT2D eigenvalue weighted by Crippen LogP contribution is 2.32. The molecule has 1 aromatic heterocycles. The molecule has 0 amide bonds. The van der Waals surface area contributed by atoms with Gasteiger partial charge in [0.15, 0.2) is 23.3 Å². The van der Waals surface area contributed by atoms with Gasteiger partial charge in [-0.2, -0.15) is 0 Å². The molecule has 0 spiro atoms. The summed E-state index contributed by atoms with van der Waals surface area (Å²) in [6, 6.07) is 5.84. The highest BCUT2D eigenvalue weighted by Gasteiger charge is 2.17. The lowest BCUT2D eigenvalue weighted by Gasteiger charge is -2.13. The van der Waals surface area contributed by atoms with Crippen LogP contribution in [0.4, 0.5) is 5.69 Å². The Kier molecular flexibility index (Phi) is 4.90. The lowest BCUT2D eigenvalue weighted by Crippen LogP contribution is -2.30. The van der Waals surface area contributed by atoms with E-state index in [1.807, 2.05) is 25.1 Å². The van der Waals surface area contributed by atoms with Crippen LogP contribution in [0, 0.1) is 0 Å². The van der Waals surface area contributed by atoms with Gasteiger partial charge >= 0.3 is 0 Å². The Morgan fingerprint density at radius 3 is 2.96 bits per heavy atom. The maximum Gasteiger partial charge on any atom is 0.196 e. The molecule has 2 aliphatic rings. The smallest absolute Gasteiger partial charge is 0.196 e. The standard InChI is InChI=1S/C18H24N6O2/c1-2-19-18(20-12-17-23-22-16-5-3-8-24(16)17)21-13-6-7-14-15(11-13)26-10-4-9-25-14/h6-7,11H,2-5,8-10,12H2,1H3,(H2,19,20,21). The molecule has 26 heavy (non-hydrogen) atoms. The summed E-state index contributed by atoms with van der Waals surface area (Å²) in [4.78, 5) is 4.66. The summed E-state index contributed by atoms with van der Waals surface area (Å²) >= 11 is 0. The molecule has 2 N–H and O–H groups in total. The van der Waals surface area contributed by atoms with E-state index in [-0.39, 0.29) is 0 Å². The Hall–Kier alpha value is -2.77. The normalized spacial score (nSPS) is 16.1. The minimum Gasteiger partial charge on any atom is -0.490 e. The quantitative estimate of drug-likeness (QED) is 0.643. The van der Waals surface area contributed by atoms with Crippen LogP contribution >= 0.6 is 0 Å². The molecule has 0 bridgehead atoms. The Balaban J connectivity index is 1.48. The first kappa shape index (κ1) is 16.7. The number of nitrogens with one attached hydrogen (secondary N) is 2. The fourth-order valence-electron chi connectivity index (χ4n) is 3.16. The zero-order valence-electron chi connectivity index (χ0n) is 15.0. The van der Waals surface area contributed by atoms with Crippen molar-refractivity contribution < 1.29 is 9.47 Å².